The number of carbonyl (C=O) groups excluding carboxylic acids is 1. The number of sulfone groups is 1. The van der Waals surface area contributed by atoms with Crippen molar-refractivity contribution in [3.63, 3.8) is 0 Å². The average molecular weight is 365 g/mol. The second-order valence-electron chi connectivity index (χ2n) is 7.09. The molecule has 0 radical (unpaired) electrons. The van der Waals surface area contributed by atoms with Crippen molar-refractivity contribution in [1.82, 2.24) is 14.8 Å². The third-order valence-corrected chi connectivity index (χ3v) is 6.91. The first-order valence-electron chi connectivity index (χ1n) is 9.13. The average Bonchev–Trinajstić information content (AvgIpc) is 2.91. The summed E-state index contributed by atoms with van der Waals surface area (Å²) in [5.41, 5.74) is 1.08. The summed E-state index contributed by atoms with van der Waals surface area (Å²) in [4.78, 5) is 20.8. The lowest BCUT2D eigenvalue weighted by atomic mass is 10.0. The Balaban J connectivity index is 1.72. The van der Waals surface area contributed by atoms with E-state index in [4.69, 9.17) is 0 Å². The quantitative estimate of drug-likeness (QED) is 0.714. The van der Waals surface area contributed by atoms with Crippen molar-refractivity contribution in [3.05, 3.63) is 30.1 Å². The Morgan fingerprint density at radius 3 is 2.76 bits per heavy atom. The van der Waals surface area contributed by atoms with Crippen LogP contribution in [0.2, 0.25) is 0 Å². The molecule has 0 N–H and O–H groups in total. The summed E-state index contributed by atoms with van der Waals surface area (Å²) < 4.78 is 24.5. The smallest absolute Gasteiger partial charge is 0.222 e. The Kier molecular flexibility index (Phi) is 5.74. The van der Waals surface area contributed by atoms with E-state index in [0.29, 0.717) is 26.1 Å². The number of aromatic nitrogens is 1. The molecule has 3 rings (SSSR count). The van der Waals surface area contributed by atoms with E-state index in [-0.39, 0.29) is 29.5 Å². The molecule has 2 saturated heterocycles. The third-order valence-electron chi connectivity index (χ3n) is 5.21. The SMILES string of the molecule is CCCCCC(=O)N1CCN(Cc2cccnc2)[C@@H]2CS(=O)(=O)C[C@@H]21. The van der Waals surface area contributed by atoms with Crippen molar-refractivity contribution in [2.75, 3.05) is 24.6 Å². The predicted molar refractivity (Wildman–Crippen MR) is 96.7 cm³/mol. The normalized spacial score (nSPS) is 25.7. The highest BCUT2D eigenvalue weighted by molar-refractivity contribution is 7.91. The van der Waals surface area contributed by atoms with Crippen LogP contribution in [0.15, 0.2) is 24.5 Å². The Hall–Kier alpha value is -1.47. The van der Waals surface area contributed by atoms with Gasteiger partial charge < -0.3 is 4.90 Å². The lowest BCUT2D eigenvalue weighted by Gasteiger charge is -2.44. The first-order valence-corrected chi connectivity index (χ1v) is 10.9. The monoisotopic (exact) mass is 365 g/mol. The Labute approximate surface area is 150 Å². The highest BCUT2D eigenvalue weighted by atomic mass is 32.2. The molecule has 0 aliphatic carbocycles. The van der Waals surface area contributed by atoms with Gasteiger partial charge in [-0.05, 0) is 18.1 Å². The zero-order valence-electron chi connectivity index (χ0n) is 14.8. The number of unbranched alkanes of at least 4 members (excludes halogenated alkanes) is 2. The molecule has 138 valence electrons. The number of amides is 1. The van der Waals surface area contributed by atoms with E-state index in [9.17, 15) is 13.2 Å². The van der Waals surface area contributed by atoms with Gasteiger partial charge in [-0.2, -0.15) is 0 Å². The summed E-state index contributed by atoms with van der Waals surface area (Å²) in [6.07, 6.45) is 7.08. The number of carbonyl (C=O) groups is 1. The van der Waals surface area contributed by atoms with Crippen LogP contribution in [0.25, 0.3) is 0 Å². The van der Waals surface area contributed by atoms with Gasteiger partial charge in [-0.1, -0.05) is 25.8 Å². The molecule has 3 heterocycles. The number of piperazine rings is 1. The summed E-state index contributed by atoms with van der Waals surface area (Å²) in [5.74, 6) is 0.360. The number of nitrogens with zero attached hydrogens (tertiary/aromatic N) is 3. The molecule has 1 aromatic heterocycles. The van der Waals surface area contributed by atoms with Gasteiger partial charge in [-0.25, -0.2) is 8.42 Å². The molecular weight excluding hydrogens is 338 g/mol. The Bertz CT molecular complexity index is 693. The lowest BCUT2D eigenvalue weighted by Crippen LogP contribution is -2.60. The summed E-state index contributed by atoms with van der Waals surface area (Å²) in [7, 11) is -3.10. The zero-order valence-corrected chi connectivity index (χ0v) is 15.6. The Morgan fingerprint density at radius 1 is 1.24 bits per heavy atom. The second kappa shape index (κ2) is 7.83. The molecule has 1 amide bonds. The third kappa shape index (κ3) is 4.39. The Morgan fingerprint density at radius 2 is 2.04 bits per heavy atom. The highest BCUT2D eigenvalue weighted by Crippen LogP contribution is 2.28. The maximum atomic E-state index is 12.6. The summed E-state index contributed by atoms with van der Waals surface area (Å²) >= 11 is 0. The van der Waals surface area contributed by atoms with Crippen molar-refractivity contribution < 1.29 is 13.2 Å². The summed E-state index contributed by atoms with van der Waals surface area (Å²) in [6.45, 7) is 4.12. The van der Waals surface area contributed by atoms with Gasteiger partial charge in [0.1, 0.15) is 0 Å². The van der Waals surface area contributed by atoms with Crippen LogP contribution in [0.5, 0.6) is 0 Å². The summed E-state index contributed by atoms with van der Waals surface area (Å²) in [6, 6.07) is 3.60. The standard InChI is InChI=1S/C18H27N3O3S/c1-2-3-4-7-18(22)21-10-9-20(12-15-6-5-8-19-11-15)16-13-25(23,24)14-17(16)21/h5-6,8,11,16-17H,2-4,7,9-10,12-14H2,1H3/t16-,17+/m1/s1. The molecule has 2 fully saturated rings. The lowest BCUT2D eigenvalue weighted by molar-refractivity contribution is -0.137. The van der Waals surface area contributed by atoms with Gasteiger partial charge in [0.2, 0.25) is 5.91 Å². The van der Waals surface area contributed by atoms with E-state index >= 15 is 0 Å². The van der Waals surface area contributed by atoms with Crippen molar-refractivity contribution in [2.24, 2.45) is 0 Å². The van der Waals surface area contributed by atoms with Crippen molar-refractivity contribution in [3.8, 4) is 0 Å². The van der Waals surface area contributed by atoms with Crippen LogP contribution in [0.4, 0.5) is 0 Å². The molecule has 25 heavy (non-hydrogen) atoms. The molecule has 0 aromatic carbocycles. The molecule has 6 nitrogen and oxygen atoms in total. The van der Waals surface area contributed by atoms with Crippen LogP contribution >= 0.6 is 0 Å². The van der Waals surface area contributed by atoms with Crippen molar-refractivity contribution in [1.29, 1.82) is 0 Å². The molecule has 2 aliphatic rings. The van der Waals surface area contributed by atoms with Crippen LogP contribution in [-0.2, 0) is 21.2 Å². The van der Waals surface area contributed by atoms with E-state index in [0.717, 1.165) is 24.8 Å². The fraction of sp³-hybridized carbons (Fsp3) is 0.667. The molecule has 0 saturated carbocycles. The molecular formula is C18H27N3O3S. The van der Waals surface area contributed by atoms with Crippen LogP contribution in [-0.4, -0.2) is 65.8 Å². The number of hydrogen-bond donors (Lipinski definition) is 0. The fourth-order valence-electron chi connectivity index (χ4n) is 3.93. The van der Waals surface area contributed by atoms with E-state index in [1.807, 2.05) is 23.2 Å². The van der Waals surface area contributed by atoms with E-state index in [2.05, 4.69) is 16.8 Å². The van der Waals surface area contributed by atoms with Gasteiger partial charge in [0.05, 0.1) is 17.5 Å². The minimum Gasteiger partial charge on any atom is -0.336 e. The minimum absolute atomic E-state index is 0.0979. The van der Waals surface area contributed by atoms with Crippen molar-refractivity contribution >= 4 is 15.7 Å². The molecule has 2 atom stereocenters. The van der Waals surface area contributed by atoms with Gasteiger partial charge in [-0.15, -0.1) is 0 Å². The number of hydrogen-bond acceptors (Lipinski definition) is 5. The first-order chi connectivity index (χ1) is 12.0. The van der Waals surface area contributed by atoms with Crippen LogP contribution in [0.1, 0.15) is 38.2 Å². The van der Waals surface area contributed by atoms with Crippen LogP contribution in [0.3, 0.4) is 0 Å². The van der Waals surface area contributed by atoms with Gasteiger partial charge >= 0.3 is 0 Å². The minimum atomic E-state index is -3.10. The number of rotatable bonds is 6. The molecule has 0 bridgehead atoms. The fourth-order valence-corrected chi connectivity index (χ4v) is 5.94. The topological polar surface area (TPSA) is 70.6 Å². The maximum Gasteiger partial charge on any atom is 0.222 e. The molecule has 7 heteroatoms. The molecule has 0 unspecified atom stereocenters. The molecule has 0 spiro atoms. The maximum absolute atomic E-state index is 12.6. The van der Waals surface area contributed by atoms with Crippen LogP contribution < -0.4 is 0 Å². The highest BCUT2D eigenvalue weighted by Gasteiger charge is 2.47. The number of fused-ring (bicyclic) bond motifs is 1. The van der Waals surface area contributed by atoms with Gasteiger partial charge in [0.15, 0.2) is 9.84 Å². The first kappa shape index (κ1) is 18.3. The van der Waals surface area contributed by atoms with Gasteiger partial charge in [0.25, 0.3) is 0 Å². The second-order valence-corrected chi connectivity index (χ2v) is 9.24. The van der Waals surface area contributed by atoms with Crippen molar-refractivity contribution in [2.45, 2.75) is 51.2 Å². The van der Waals surface area contributed by atoms with Crippen LogP contribution in [0, 0.1) is 0 Å². The number of pyridine rings is 1. The summed E-state index contributed by atoms with van der Waals surface area (Å²) in [5, 5.41) is 0. The van der Waals surface area contributed by atoms with Gasteiger partial charge in [0, 0.05) is 44.5 Å². The van der Waals surface area contributed by atoms with E-state index in [1.165, 1.54) is 0 Å². The molecule has 2 aliphatic heterocycles. The zero-order chi connectivity index (χ0) is 17.9. The van der Waals surface area contributed by atoms with E-state index < -0.39 is 9.84 Å². The van der Waals surface area contributed by atoms with E-state index in [1.54, 1.807) is 6.20 Å². The predicted octanol–water partition coefficient (Wildman–Crippen LogP) is 1.47. The molecule has 1 aromatic rings. The largest absolute Gasteiger partial charge is 0.336 e. The van der Waals surface area contributed by atoms with Gasteiger partial charge in [-0.3, -0.25) is 14.7 Å².